The van der Waals surface area contributed by atoms with Gasteiger partial charge in [-0.1, -0.05) is 96.5 Å². The number of fused-ring (bicyclic) bond motifs is 1. The average Bonchev–Trinajstić information content (AvgIpc) is 2.72. The first-order valence-electron chi connectivity index (χ1n) is 8.73. The summed E-state index contributed by atoms with van der Waals surface area (Å²) in [6, 6.07) is 30.5. The molecule has 0 spiro atoms. The van der Waals surface area contributed by atoms with Gasteiger partial charge >= 0.3 is 5.97 Å². The molecule has 132 valence electrons. The minimum absolute atomic E-state index is 0.320. The fourth-order valence-corrected chi connectivity index (χ4v) is 3.47. The van der Waals surface area contributed by atoms with Crippen LogP contribution in [-0.4, -0.2) is 5.97 Å². The summed E-state index contributed by atoms with van der Waals surface area (Å²) >= 11 is 6.28. The highest BCUT2D eigenvalue weighted by atomic mass is 35.5. The van der Waals surface area contributed by atoms with Gasteiger partial charge in [-0.15, -0.1) is 0 Å². The zero-order valence-corrected chi connectivity index (χ0v) is 15.3. The Balaban J connectivity index is 1.75. The Kier molecular flexibility index (Phi) is 4.91. The molecule has 2 nitrogen and oxygen atoms in total. The van der Waals surface area contributed by atoms with Crippen molar-refractivity contribution in [3.05, 3.63) is 113 Å². The van der Waals surface area contributed by atoms with E-state index < -0.39 is 5.92 Å². The Labute approximate surface area is 163 Å². The molecule has 0 heterocycles. The largest absolute Gasteiger partial charge is 0.425 e. The van der Waals surface area contributed by atoms with Crippen molar-refractivity contribution in [1.82, 2.24) is 0 Å². The predicted molar refractivity (Wildman–Crippen MR) is 109 cm³/mol. The van der Waals surface area contributed by atoms with Crippen LogP contribution in [-0.2, 0) is 4.79 Å². The van der Waals surface area contributed by atoms with Crippen molar-refractivity contribution in [2.24, 2.45) is 0 Å². The van der Waals surface area contributed by atoms with Gasteiger partial charge in [0.05, 0.1) is 0 Å². The van der Waals surface area contributed by atoms with Crippen LogP contribution in [0, 0.1) is 0 Å². The minimum Gasteiger partial charge on any atom is -0.425 e. The van der Waals surface area contributed by atoms with Crippen molar-refractivity contribution in [1.29, 1.82) is 0 Å². The van der Waals surface area contributed by atoms with Crippen molar-refractivity contribution in [3.63, 3.8) is 0 Å². The Bertz CT molecular complexity index is 1040. The van der Waals surface area contributed by atoms with Crippen LogP contribution in [0.2, 0.25) is 5.02 Å². The van der Waals surface area contributed by atoms with Crippen LogP contribution in [0.25, 0.3) is 10.8 Å². The minimum atomic E-state index is -0.498. The zero-order valence-electron chi connectivity index (χ0n) is 14.5. The molecule has 4 aromatic rings. The van der Waals surface area contributed by atoms with Crippen LogP contribution < -0.4 is 4.74 Å². The molecule has 0 bridgehead atoms. The van der Waals surface area contributed by atoms with Crippen LogP contribution in [0.15, 0.2) is 97.1 Å². The zero-order chi connectivity index (χ0) is 18.6. The SMILES string of the molecule is O=C(Oc1ccc(Cl)c2ccccc12)C(c1ccccc1)c1ccccc1. The molecule has 4 rings (SSSR count). The molecule has 0 aromatic heterocycles. The number of carbonyl (C=O) groups is 1. The van der Waals surface area contributed by atoms with Gasteiger partial charge in [0.15, 0.2) is 0 Å². The van der Waals surface area contributed by atoms with Crippen LogP contribution >= 0.6 is 11.6 Å². The predicted octanol–water partition coefficient (Wildman–Crippen LogP) is 6.23. The third-order valence-electron chi connectivity index (χ3n) is 4.54. The highest BCUT2D eigenvalue weighted by molar-refractivity contribution is 6.35. The van der Waals surface area contributed by atoms with Gasteiger partial charge in [-0.25, -0.2) is 0 Å². The average molecular weight is 373 g/mol. The van der Waals surface area contributed by atoms with E-state index in [4.69, 9.17) is 16.3 Å². The first-order valence-corrected chi connectivity index (χ1v) is 9.10. The number of hydrogen-bond acceptors (Lipinski definition) is 2. The number of ether oxygens (including phenoxy) is 1. The number of esters is 1. The quantitative estimate of drug-likeness (QED) is 0.313. The van der Waals surface area contributed by atoms with E-state index in [1.807, 2.05) is 84.9 Å². The van der Waals surface area contributed by atoms with Crippen molar-refractivity contribution >= 4 is 28.3 Å². The second-order valence-corrected chi connectivity index (χ2v) is 6.67. The number of carbonyl (C=O) groups excluding carboxylic acids is 1. The van der Waals surface area contributed by atoms with E-state index in [2.05, 4.69) is 0 Å². The fraction of sp³-hybridized carbons (Fsp3) is 0.0417. The Morgan fingerprint density at radius 1 is 0.667 bits per heavy atom. The molecule has 3 heteroatoms. The first kappa shape index (κ1) is 17.3. The number of rotatable bonds is 4. The van der Waals surface area contributed by atoms with Crippen molar-refractivity contribution in [2.75, 3.05) is 0 Å². The molecule has 0 saturated heterocycles. The van der Waals surface area contributed by atoms with Crippen LogP contribution in [0.5, 0.6) is 5.75 Å². The molecular weight excluding hydrogens is 356 g/mol. The molecule has 0 unspecified atom stereocenters. The summed E-state index contributed by atoms with van der Waals surface area (Å²) in [4.78, 5) is 13.2. The maximum Gasteiger partial charge on any atom is 0.323 e. The summed E-state index contributed by atoms with van der Waals surface area (Å²) in [5, 5.41) is 2.31. The van der Waals surface area contributed by atoms with Crippen LogP contribution in [0.3, 0.4) is 0 Å². The van der Waals surface area contributed by atoms with Gasteiger partial charge in [0.2, 0.25) is 0 Å². The van der Waals surface area contributed by atoms with Crippen LogP contribution in [0.4, 0.5) is 0 Å². The highest BCUT2D eigenvalue weighted by Gasteiger charge is 2.25. The van der Waals surface area contributed by atoms with E-state index in [-0.39, 0.29) is 5.97 Å². The van der Waals surface area contributed by atoms with Crippen LogP contribution in [0.1, 0.15) is 17.0 Å². The smallest absolute Gasteiger partial charge is 0.323 e. The molecule has 0 N–H and O–H groups in total. The number of hydrogen-bond donors (Lipinski definition) is 0. The van der Waals surface area contributed by atoms with Gasteiger partial charge in [-0.05, 0) is 23.3 Å². The molecule has 0 fully saturated rings. The summed E-state index contributed by atoms with van der Waals surface area (Å²) in [5.74, 6) is -0.307. The van der Waals surface area contributed by atoms with Gasteiger partial charge < -0.3 is 4.74 Å². The normalized spacial score (nSPS) is 10.9. The Morgan fingerprint density at radius 3 is 1.78 bits per heavy atom. The number of benzene rings is 4. The van der Waals surface area contributed by atoms with Crippen molar-refractivity contribution in [2.45, 2.75) is 5.92 Å². The summed E-state index contributed by atoms with van der Waals surface area (Å²) in [6.45, 7) is 0. The highest BCUT2D eigenvalue weighted by Crippen LogP contribution is 2.33. The summed E-state index contributed by atoms with van der Waals surface area (Å²) < 4.78 is 5.86. The molecule has 0 aliphatic rings. The Hall–Kier alpha value is -3.10. The fourth-order valence-electron chi connectivity index (χ4n) is 3.25. The molecule has 0 atom stereocenters. The van der Waals surface area contributed by atoms with Gasteiger partial charge in [0.25, 0.3) is 0 Å². The second-order valence-electron chi connectivity index (χ2n) is 6.27. The van der Waals surface area contributed by atoms with E-state index in [1.54, 1.807) is 12.1 Å². The third-order valence-corrected chi connectivity index (χ3v) is 4.87. The van der Waals surface area contributed by atoms with Crippen molar-refractivity contribution in [3.8, 4) is 5.75 Å². The van der Waals surface area contributed by atoms with Gasteiger partial charge in [0.1, 0.15) is 11.7 Å². The molecular formula is C24H17ClO2. The third kappa shape index (κ3) is 3.57. The van der Waals surface area contributed by atoms with E-state index in [0.29, 0.717) is 10.8 Å². The maximum atomic E-state index is 13.2. The molecule has 0 saturated carbocycles. The van der Waals surface area contributed by atoms with Gasteiger partial charge in [-0.3, -0.25) is 4.79 Å². The summed E-state index contributed by atoms with van der Waals surface area (Å²) in [6.07, 6.45) is 0. The lowest BCUT2D eigenvalue weighted by molar-refractivity contribution is -0.135. The molecule has 0 aliphatic carbocycles. The molecule has 4 aromatic carbocycles. The lowest BCUT2D eigenvalue weighted by atomic mass is 9.91. The van der Waals surface area contributed by atoms with E-state index in [9.17, 15) is 4.79 Å². The standard InChI is InChI=1S/C24H17ClO2/c25-21-15-16-22(20-14-8-7-13-19(20)21)27-24(26)23(17-9-3-1-4-10-17)18-11-5-2-6-12-18/h1-16,23H. The second kappa shape index (κ2) is 7.65. The van der Waals surface area contributed by atoms with E-state index in [1.165, 1.54) is 0 Å². The van der Waals surface area contributed by atoms with Gasteiger partial charge in [-0.2, -0.15) is 0 Å². The molecule has 0 aliphatic heterocycles. The topological polar surface area (TPSA) is 26.3 Å². The van der Waals surface area contributed by atoms with E-state index in [0.717, 1.165) is 21.9 Å². The Morgan fingerprint density at radius 2 is 1.19 bits per heavy atom. The van der Waals surface area contributed by atoms with E-state index >= 15 is 0 Å². The maximum absolute atomic E-state index is 13.2. The molecule has 0 amide bonds. The first-order chi connectivity index (χ1) is 13.2. The lowest BCUT2D eigenvalue weighted by Gasteiger charge is -2.18. The van der Waals surface area contributed by atoms with Gasteiger partial charge in [0, 0.05) is 15.8 Å². The monoisotopic (exact) mass is 372 g/mol. The van der Waals surface area contributed by atoms with Crippen molar-refractivity contribution < 1.29 is 9.53 Å². The molecule has 27 heavy (non-hydrogen) atoms. The lowest BCUT2D eigenvalue weighted by Crippen LogP contribution is -2.20. The molecule has 0 radical (unpaired) electrons. The summed E-state index contributed by atoms with van der Waals surface area (Å²) in [7, 11) is 0. The number of halogens is 1. The summed E-state index contributed by atoms with van der Waals surface area (Å²) in [5.41, 5.74) is 1.79.